The van der Waals surface area contributed by atoms with Gasteiger partial charge >= 0.3 is 0 Å². The van der Waals surface area contributed by atoms with E-state index in [0.29, 0.717) is 26.1 Å². The third-order valence-corrected chi connectivity index (χ3v) is 6.70. The maximum Gasteiger partial charge on any atom is 0.213 e. The highest BCUT2D eigenvalue weighted by Crippen LogP contribution is 2.30. The van der Waals surface area contributed by atoms with E-state index in [1.54, 1.807) is 14.0 Å². The zero-order valence-corrected chi connectivity index (χ0v) is 20.2. The van der Waals surface area contributed by atoms with E-state index in [0.717, 1.165) is 31.8 Å². The number of nitrogens with one attached hydrogen (secondary N) is 2. The van der Waals surface area contributed by atoms with Crippen LogP contribution in [0.4, 0.5) is 0 Å². The quantitative estimate of drug-likeness (QED) is 0.154. The van der Waals surface area contributed by atoms with Gasteiger partial charge in [-0.25, -0.2) is 12.7 Å². The first-order chi connectivity index (χ1) is 11.8. The van der Waals surface area contributed by atoms with E-state index in [4.69, 9.17) is 0 Å². The largest absolute Gasteiger partial charge is 0.396 e. The molecule has 0 saturated carbocycles. The Morgan fingerprint density at radius 2 is 1.77 bits per heavy atom. The first-order valence-corrected chi connectivity index (χ1v) is 11.0. The molecule has 0 aromatic heterocycles. The van der Waals surface area contributed by atoms with Gasteiger partial charge in [-0.15, -0.1) is 24.0 Å². The minimum atomic E-state index is -3.12. The van der Waals surface area contributed by atoms with Crippen LogP contribution in [0.3, 0.4) is 0 Å². The van der Waals surface area contributed by atoms with Crippen molar-refractivity contribution in [1.29, 1.82) is 0 Å². The van der Waals surface area contributed by atoms with E-state index in [1.165, 1.54) is 4.31 Å². The summed E-state index contributed by atoms with van der Waals surface area (Å²) >= 11 is 0. The summed E-state index contributed by atoms with van der Waals surface area (Å²) in [5.74, 6) is 0.870. The van der Waals surface area contributed by atoms with Gasteiger partial charge in [0.15, 0.2) is 5.96 Å². The smallest absolute Gasteiger partial charge is 0.213 e. The summed E-state index contributed by atoms with van der Waals surface area (Å²) in [6.45, 7) is 10.7. The summed E-state index contributed by atoms with van der Waals surface area (Å²) in [4.78, 5) is 4.68. The molecule has 0 rings (SSSR count). The number of aliphatic hydroxyl groups is 1. The maximum atomic E-state index is 11.7. The highest BCUT2D eigenvalue weighted by Gasteiger charge is 2.25. The lowest BCUT2D eigenvalue weighted by molar-refractivity contribution is 0.175. The zero-order valence-electron chi connectivity index (χ0n) is 17.0. The van der Waals surface area contributed by atoms with E-state index in [2.05, 4.69) is 29.5 Å². The summed E-state index contributed by atoms with van der Waals surface area (Å²) in [6.07, 6.45) is 3.42. The highest BCUT2D eigenvalue weighted by molar-refractivity contribution is 14.0. The summed E-state index contributed by atoms with van der Waals surface area (Å²) in [5.41, 5.74) is 0.0342. The van der Waals surface area contributed by atoms with Crippen molar-refractivity contribution in [2.45, 2.75) is 53.4 Å². The van der Waals surface area contributed by atoms with E-state index in [9.17, 15) is 13.5 Å². The van der Waals surface area contributed by atoms with Crippen LogP contribution in [0.1, 0.15) is 53.4 Å². The lowest BCUT2D eigenvalue weighted by Gasteiger charge is -2.29. The van der Waals surface area contributed by atoms with Crippen molar-refractivity contribution in [2.24, 2.45) is 10.4 Å². The van der Waals surface area contributed by atoms with Crippen LogP contribution >= 0.6 is 24.0 Å². The molecule has 0 amide bonds. The summed E-state index contributed by atoms with van der Waals surface area (Å²) in [6, 6.07) is 0. The van der Waals surface area contributed by atoms with Crippen molar-refractivity contribution in [2.75, 3.05) is 45.6 Å². The Morgan fingerprint density at radius 1 is 1.15 bits per heavy atom. The highest BCUT2D eigenvalue weighted by atomic mass is 127. The molecule has 3 N–H and O–H groups in total. The van der Waals surface area contributed by atoms with E-state index < -0.39 is 10.0 Å². The molecule has 0 aliphatic carbocycles. The Balaban J connectivity index is 0. The SMILES string of the molecule is CCNC(=NCC(CC)(CC)CCO)NCCCN(C)S(=O)(=O)CC.I. The molecule has 0 aliphatic heterocycles. The number of aliphatic hydroxyl groups excluding tert-OH is 1. The number of hydrogen-bond donors (Lipinski definition) is 3. The van der Waals surface area contributed by atoms with Crippen LogP contribution in [0.5, 0.6) is 0 Å². The fourth-order valence-electron chi connectivity index (χ4n) is 2.60. The Hall–Kier alpha value is -0.130. The predicted molar refractivity (Wildman–Crippen MR) is 121 cm³/mol. The van der Waals surface area contributed by atoms with Gasteiger partial charge in [-0.1, -0.05) is 13.8 Å². The van der Waals surface area contributed by atoms with Crippen molar-refractivity contribution < 1.29 is 13.5 Å². The molecule has 0 atom stereocenters. The fourth-order valence-corrected chi connectivity index (χ4v) is 3.45. The Morgan fingerprint density at radius 3 is 2.23 bits per heavy atom. The van der Waals surface area contributed by atoms with E-state index >= 15 is 0 Å². The molecule has 0 aliphatic rings. The summed E-state index contributed by atoms with van der Waals surface area (Å²) in [5, 5.41) is 15.8. The summed E-state index contributed by atoms with van der Waals surface area (Å²) in [7, 11) is -1.50. The van der Waals surface area contributed by atoms with Crippen molar-refractivity contribution in [1.82, 2.24) is 14.9 Å². The molecular weight excluding hydrogens is 467 g/mol. The molecule has 158 valence electrons. The van der Waals surface area contributed by atoms with Gasteiger partial charge in [-0.3, -0.25) is 4.99 Å². The number of rotatable bonds is 13. The molecular formula is C17H39IN4O3S. The Bertz CT molecular complexity index is 482. The predicted octanol–water partition coefficient (Wildman–Crippen LogP) is 2.02. The number of halogens is 1. The minimum absolute atomic E-state index is 0. The van der Waals surface area contributed by atoms with Gasteiger partial charge in [-0.05, 0) is 44.9 Å². The van der Waals surface area contributed by atoms with Crippen LogP contribution in [-0.4, -0.2) is 69.4 Å². The van der Waals surface area contributed by atoms with Gasteiger partial charge in [0.05, 0.1) is 5.75 Å². The zero-order chi connectivity index (χ0) is 19.3. The molecule has 0 saturated heterocycles. The maximum absolute atomic E-state index is 11.7. The second-order valence-corrected chi connectivity index (χ2v) is 8.74. The lowest BCUT2D eigenvalue weighted by atomic mass is 9.79. The Labute approximate surface area is 177 Å². The number of aliphatic imine (C=N–C) groups is 1. The molecule has 9 heteroatoms. The normalized spacial score (nSPS) is 12.8. The summed E-state index contributed by atoms with van der Waals surface area (Å²) < 4.78 is 24.8. The molecule has 0 radical (unpaired) electrons. The first-order valence-electron chi connectivity index (χ1n) is 9.37. The molecule has 0 heterocycles. The first kappa shape index (κ1) is 28.1. The van der Waals surface area contributed by atoms with Crippen molar-refractivity contribution in [3.63, 3.8) is 0 Å². The molecule has 7 nitrogen and oxygen atoms in total. The van der Waals surface area contributed by atoms with Crippen molar-refractivity contribution >= 4 is 40.0 Å². The van der Waals surface area contributed by atoms with Crippen LogP contribution < -0.4 is 10.6 Å². The van der Waals surface area contributed by atoms with Gasteiger partial charge < -0.3 is 15.7 Å². The van der Waals surface area contributed by atoms with Crippen LogP contribution in [0.2, 0.25) is 0 Å². The average Bonchev–Trinajstić information content (AvgIpc) is 2.61. The van der Waals surface area contributed by atoms with E-state index in [1.807, 2.05) is 6.92 Å². The monoisotopic (exact) mass is 506 g/mol. The molecule has 0 spiro atoms. The fraction of sp³-hybridized carbons (Fsp3) is 0.941. The molecule has 0 aromatic carbocycles. The average molecular weight is 506 g/mol. The van der Waals surface area contributed by atoms with Crippen LogP contribution in [0, 0.1) is 5.41 Å². The standard InChI is InChI=1S/C17H38N4O3S.HI/c1-6-17(7-2,11-14-22)15-20-16(18-8-3)19-12-10-13-21(5)25(23,24)9-4;/h22H,6-15H2,1-5H3,(H2,18,19,20);1H. The van der Waals surface area contributed by atoms with Gasteiger partial charge in [0.2, 0.25) is 10.0 Å². The molecule has 0 aromatic rings. The van der Waals surface area contributed by atoms with E-state index in [-0.39, 0.29) is 41.8 Å². The van der Waals surface area contributed by atoms with Crippen molar-refractivity contribution in [3.8, 4) is 0 Å². The third kappa shape index (κ3) is 10.3. The Kier molecular flexibility index (Phi) is 16.1. The number of nitrogens with zero attached hydrogens (tertiary/aromatic N) is 2. The van der Waals surface area contributed by atoms with Crippen LogP contribution in [0.15, 0.2) is 4.99 Å². The third-order valence-electron chi connectivity index (χ3n) is 4.84. The minimum Gasteiger partial charge on any atom is -0.396 e. The number of guanidine groups is 1. The lowest BCUT2D eigenvalue weighted by Crippen LogP contribution is -2.40. The van der Waals surface area contributed by atoms with Crippen molar-refractivity contribution in [3.05, 3.63) is 0 Å². The van der Waals surface area contributed by atoms with Crippen LogP contribution in [-0.2, 0) is 10.0 Å². The second-order valence-electron chi connectivity index (χ2n) is 6.38. The van der Waals surface area contributed by atoms with Crippen LogP contribution in [0.25, 0.3) is 0 Å². The van der Waals surface area contributed by atoms with Gasteiger partial charge in [0.1, 0.15) is 0 Å². The second kappa shape index (κ2) is 14.9. The van der Waals surface area contributed by atoms with Gasteiger partial charge in [0, 0.05) is 39.8 Å². The molecule has 0 unspecified atom stereocenters. The van der Waals surface area contributed by atoms with Gasteiger partial charge in [-0.2, -0.15) is 0 Å². The van der Waals surface area contributed by atoms with Gasteiger partial charge in [0.25, 0.3) is 0 Å². The number of hydrogen-bond acceptors (Lipinski definition) is 4. The number of sulfonamides is 1. The molecule has 0 bridgehead atoms. The molecule has 26 heavy (non-hydrogen) atoms. The topological polar surface area (TPSA) is 94.0 Å². The molecule has 0 fully saturated rings.